The van der Waals surface area contributed by atoms with Crippen LogP contribution in [-0.4, -0.2) is 10.1 Å². The zero-order chi connectivity index (χ0) is 32.9. The second-order valence-electron chi connectivity index (χ2n) is 14.7. The summed E-state index contributed by atoms with van der Waals surface area (Å²) < 4.78 is 2.51. The highest BCUT2D eigenvalue weighted by atomic mass is 15.1. The lowest BCUT2D eigenvalue weighted by atomic mass is 9.67. The lowest BCUT2D eigenvalue weighted by molar-refractivity contribution is 0.630. The number of rotatable bonds is 1. The van der Waals surface area contributed by atoms with Gasteiger partial charge < -0.3 is 9.72 Å². The summed E-state index contributed by atoms with van der Waals surface area (Å²) in [5, 5.41) is 16.7. The Bertz CT molecular complexity index is 3160. The number of anilines is 1. The molecule has 2 aliphatic rings. The van der Waals surface area contributed by atoms with Gasteiger partial charge in [0.15, 0.2) is 0 Å². The molecular weight excluding hydrogens is 607 g/mol. The minimum Gasteiger partial charge on any atom is -0.359 e. The van der Waals surface area contributed by atoms with E-state index in [0.717, 1.165) is 11.4 Å². The van der Waals surface area contributed by atoms with Gasteiger partial charge in [-0.05, 0) is 79.8 Å². The third kappa shape index (κ3) is 3.19. The first kappa shape index (κ1) is 26.7. The van der Waals surface area contributed by atoms with Crippen LogP contribution in [0.1, 0.15) is 47.8 Å². The average Bonchev–Trinajstić information content (AvgIpc) is 3.66. The number of hydrogen-bond acceptors (Lipinski definition) is 2. The van der Waals surface area contributed by atoms with E-state index in [-0.39, 0.29) is 11.6 Å². The highest BCUT2D eigenvalue weighted by Crippen LogP contribution is 2.50. The summed E-state index contributed by atoms with van der Waals surface area (Å²) in [6.07, 6.45) is -0.238. The maximum Gasteiger partial charge on any atom is 0.146 e. The minimum atomic E-state index is -0.238. The Balaban J connectivity index is 1.21. The zero-order valence-corrected chi connectivity index (χ0v) is 27.8. The highest BCUT2D eigenvalue weighted by molar-refractivity contribution is 6.36. The van der Waals surface area contributed by atoms with Crippen LogP contribution in [0.15, 0.2) is 145 Å². The predicted molar refractivity (Wildman–Crippen MR) is 211 cm³/mol. The molecule has 0 saturated carbocycles. The largest absolute Gasteiger partial charge is 0.359 e. The fraction of sp³-hybridized carbons (Fsp3) is 0.0851. The molecule has 234 valence electrons. The molecule has 10 aromatic rings. The summed E-state index contributed by atoms with van der Waals surface area (Å²) in [6, 6.07) is 51.8. The maximum absolute atomic E-state index is 5.61. The minimum absolute atomic E-state index is 0.111. The van der Waals surface area contributed by atoms with Crippen LogP contribution in [0.4, 0.5) is 5.69 Å². The number of fused-ring (bicyclic) bond motifs is 13. The van der Waals surface area contributed by atoms with Crippen LogP contribution in [-0.2, 0) is 5.41 Å². The second-order valence-corrected chi connectivity index (χ2v) is 14.7. The van der Waals surface area contributed by atoms with E-state index >= 15 is 0 Å². The summed E-state index contributed by atoms with van der Waals surface area (Å²) >= 11 is 0. The molecule has 3 heterocycles. The van der Waals surface area contributed by atoms with Crippen LogP contribution in [0.3, 0.4) is 0 Å². The van der Waals surface area contributed by atoms with E-state index in [1.54, 1.807) is 0 Å². The number of hydrogen-bond donors (Lipinski definition) is 1. The molecule has 0 spiro atoms. The third-order valence-corrected chi connectivity index (χ3v) is 11.9. The first-order chi connectivity index (χ1) is 24.6. The van der Waals surface area contributed by atoms with Gasteiger partial charge in [-0.25, -0.2) is 0 Å². The molecule has 3 nitrogen and oxygen atoms in total. The number of para-hydroxylation sites is 1. The fourth-order valence-corrected chi connectivity index (χ4v) is 9.66. The molecule has 1 unspecified atom stereocenters. The van der Waals surface area contributed by atoms with Gasteiger partial charge in [-0.15, -0.1) is 0 Å². The first-order valence-corrected chi connectivity index (χ1v) is 17.6. The van der Waals surface area contributed by atoms with E-state index in [1.807, 2.05) is 0 Å². The van der Waals surface area contributed by atoms with Crippen molar-refractivity contribution in [3.05, 3.63) is 167 Å². The van der Waals surface area contributed by atoms with Crippen molar-refractivity contribution < 1.29 is 0 Å². The molecule has 0 amide bonds. The smallest absolute Gasteiger partial charge is 0.146 e. The SMILES string of the molecule is CC1(C)c2ccccc2C2=NC(c3cc4cc5c6ccccc6n6c7cc8ccccc8cc7c(c4c4ccccc34)c56)Nc3cccc1c32. The molecule has 50 heavy (non-hydrogen) atoms. The van der Waals surface area contributed by atoms with Crippen LogP contribution >= 0.6 is 0 Å². The van der Waals surface area contributed by atoms with Gasteiger partial charge >= 0.3 is 0 Å². The van der Waals surface area contributed by atoms with Gasteiger partial charge in [-0.1, -0.05) is 117 Å². The maximum atomic E-state index is 5.61. The Morgan fingerprint density at radius 3 is 2.14 bits per heavy atom. The Hall–Kier alpha value is -6.19. The molecule has 1 N–H and O–H groups in total. The fourth-order valence-electron chi connectivity index (χ4n) is 9.66. The number of benzene rings is 8. The Morgan fingerprint density at radius 1 is 0.560 bits per heavy atom. The molecule has 1 atom stereocenters. The zero-order valence-electron chi connectivity index (χ0n) is 27.8. The molecule has 0 saturated heterocycles. The summed E-state index contributed by atoms with van der Waals surface area (Å²) in [7, 11) is 0. The van der Waals surface area contributed by atoms with Gasteiger partial charge in [0.2, 0.25) is 0 Å². The molecule has 0 bridgehead atoms. The average molecular weight is 638 g/mol. The van der Waals surface area contributed by atoms with Crippen LogP contribution in [0.5, 0.6) is 0 Å². The number of aromatic nitrogens is 1. The van der Waals surface area contributed by atoms with E-state index < -0.39 is 0 Å². The highest BCUT2D eigenvalue weighted by Gasteiger charge is 2.39. The van der Waals surface area contributed by atoms with Crippen molar-refractivity contribution in [1.29, 1.82) is 0 Å². The topological polar surface area (TPSA) is 28.8 Å². The van der Waals surface area contributed by atoms with Gasteiger partial charge in [-0.2, -0.15) is 0 Å². The van der Waals surface area contributed by atoms with Crippen LogP contribution in [0.2, 0.25) is 0 Å². The van der Waals surface area contributed by atoms with Gasteiger partial charge in [-0.3, -0.25) is 4.99 Å². The van der Waals surface area contributed by atoms with E-state index in [1.165, 1.54) is 98.2 Å². The van der Waals surface area contributed by atoms with E-state index in [9.17, 15) is 0 Å². The van der Waals surface area contributed by atoms with Crippen molar-refractivity contribution in [1.82, 2.24) is 4.40 Å². The third-order valence-electron chi connectivity index (χ3n) is 11.9. The Labute approximate surface area is 288 Å². The lowest BCUT2D eigenvalue weighted by Gasteiger charge is -2.39. The molecule has 0 radical (unpaired) electrons. The van der Waals surface area contributed by atoms with Gasteiger partial charge in [0.1, 0.15) is 6.17 Å². The number of nitrogens with one attached hydrogen (secondary N) is 1. The van der Waals surface area contributed by atoms with Crippen molar-refractivity contribution in [2.45, 2.75) is 25.4 Å². The van der Waals surface area contributed by atoms with Crippen molar-refractivity contribution in [2.24, 2.45) is 4.99 Å². The number of aliphatic imine (C=N–C) groups is 1. The van der Waals surface area contributed by atoms with Crippen LogP contribution < -0.4 is 5.32 Å². The second kappa shape index (κ2) is 9.07. The van der Waals surface area contributed by atoms with Crippen molar-refractivity contribution in [3.63, 3.8) is 0 Å². The van der Waals surface area contributed by atoms with Gasteiger partial charge in [0, 0.05) is 49.3 Å². The summed E-state index contributed by atoms with van der Waals surface area (Å²) in [6.45, 7) is 4.67. The molecule has 12 rings (SSSR count). The lowest BCUT2D eigenvalue weighted by Crippen LogP contribution is -2.34. The van der Waals surface area contributed by atoms with Crippen LogP contribution in [0.25, 0.3) is 70.4 Å². The molecular formula is C47H31N3. The molecule has 3 heteroatoms. The van der Waals surface area contributed by atoms with E-state index in [4.69, 9.17) is 4.99 Å². The quantitative estimate of drug-likeness (QED) is 0.178. The predicted octanol–water partition coefficient (Wildman–Crippen LogP) is 11.9. The standard InChI is InChI=1S/C47H31N3/c1-47(2)36-18-9-7-17-32(36)44-43-37(47)19-11-20-38(43)48-46(49-44)34-24-28-23-33-30-15-8-10-21-39(30)50-40-25-27-13-4-3-12-26(27)22-35(40)42(45(33)50)41(28)31-16-6-5-14-29(31)34/h3-25,46,48H,1-2H3. The normalized spacial score (nSPS) is 16.4. The Morgan fingerprint density at radius 2 is 1.26 bits per heavy atom. The summed E-state index contributed by atoms with van der Waals surface area (Å²) in [5.41, 5.74) is 12.3. The molecule has 8 aromatic carbocycles. The van der Waals surface area contributed by atoms with Gasteiger partial charge in [0.05, 0.1) is 22.3 Å². The van der Waals surface area contributed by atoms with Crippen molar-refractivity contribution in [2.75, 3.05) is 5.32 Å². The van der Waals surface area contributed by atoms with E-state index in [0.29, 0.717) is 0 Å². The first-order valence-electron chi connectivity index (χ1n) is 17.6. The molecule has 1 aliphatic heterocycles. The Kier molecular flexibility index (Phi) is 4.85. The van der Waals surface area contributed by atoms with Crippen molar-refractivity contribution >= 4 is 81.8 Å². The van der Waals surface area contributed by atoms with Crippen molar-refractivity contribution in [3.8, 4) is 0 Å². The molecule has 0 fully saturated rings. The monoisotopic (exact) mass is 637 g/mol. The number of nitrogens with zero attached hydrogens (tertiary/aromatic N) is 2. The summed E-state index contributed by atoms with van der Waals surface area (Å²) in [5.74, 6) is 0. The summed E-state index contributed by atoms with van der Waals surface area (Å²) in [4.78, 5) is 5.61. The van der Waals surface area contributed by atoms with Gasteiger partial charge in [0.25, 0.3) is 0 Å². The molecule has 2 aromatic heterocycles. The van der Waals surface area contributed by atoms with Crippen LogP contribution in [0, 0.1) is 0 Å². The van der Waals surface area contributed by atoms with E-state index in [2.05, 4.69) is 163 Å². The molecule has 1 aliphatic carbocycles.